The van der Waals surface area contributed by atoms with E-state index in [0.29, 0.717) is 71.5 Å². The van der Waals surface area contributed by atoms with Crippen LogP contribution in [0.4, 0.5) is 28.8 Å². The standard InChI is InChI=1S/C40H48N10O7/c1-4-29-39(56)48(2)31-21-43-40(47-35(31)50(29)24-8-5-6-9-24)45-28-13-12-23(20-32(28)57-3)36(53)42-19-18-41-17-16-34(52)44-27-11-7-10-25-26(27)22-49(38(25)55)30-14-15-33(51)46-37(30)54/h7,10-13,20-21,24,29-30,41H,4-6,8-9,14-19,22H2,1-3H3,(H,42,53)(H,44,52)(H,43,45,47)(H,46,51,54)/t29-,30?/m1/s1. The molecule has 2 atom stereocenters. The van der Waals surface area contributed by atoms with Crippen LogP contribution in [0.1, 0.15) is 84.6 Å². The Morgan fingerprint density at radius 3 is 2.56 bits per heavy atom. The molecule has 1 unspecified atom stereocenters. The fourth-order valence-corrected chi connectivity index (χ4v) is 8.11. The molecule has 57 heavy (non-hydrogen) atoms. The number of imide groups is 1. The number of piperidine rings is 1. The summed E-state index contributed by atoms with van der Waals surface area (Å²) in [6.45, 7) is 3.25. The third-order valence-electron chi connectivity index (χ3n) is 11.1. The van der Waals surface area contributed by atoms with Gasteiger partial charge in [0.2, 0.25) is 29.6 Å². The van der Waals surface area contributed by atoms with E-state index in [4.69, 9.17) is 9.72 Å². The topological polar surface area (TPSA) is 207 Å². The van der Waals surface area contributed by atoms with Gasteiger partial charge >= 0.3 is 0 Å². The van der Waals surface area contributed by atoms with Gasteiger partial charge in [-0.25, -0.2) is 4.98 Å². The van der Waals surface area contributed by atoms with Crippen molar-refractivity contribution >= 4 is 64.3 Å². The Hall–Kier alpha value is -6.10. The third-order valence-corrected chi connectivity index (χ3v) is 11.1. The number of ether oxygens (including phenoxy) is 1. The molecule has 4 heterocycles. The van der Waals surface area contributed by atoms with Crippen molar-refractivity contribution in [3.63, 3.8) is 0 Å². The Labute approximate surface area is 330 Å². The third kappa shape index (κ3) is 8.10. The minimum atomic E-state index is -0.741. The molecule has 1 saturated carbocycles. The summed E-state index contributed by atoms with van der Waals surface area (Å²) < 4.78 is 5.62. The molecule has 1 aliphatic carbocycles. The van der Waals surface area contributed by atoms with Gasteiger partial charge in [-0.2, -0.15) is 4.98 Å². The maximum atomic E-state index is 13.2. The molecule has 4 aliphatic rings. The lowest BCUT2D eigenvalue weighted by atomic mass is 10.0. The quantitative estimate of drug-likeness (QED) is 0.118. The lowest BCUT2D eigenvalue weighted by Crippen LogP contribution is -2.55. The highest BCUT2D eigenvalue weighted by Gasteiger charge is 2.42. The summed E-state index contributed by atoms with van der Waals surface area (Å²) in [6.07, 6.45) is 7.19. The summed E-state index contributed by atoms with van der Waals surface area (Å²) >= 11 is 0. The Morgan fingerprint density at radius 1 is 1.00 bits per heavy atom. The van der Waals surface area contributed by atoms with E-state index in [-0.39, 0.29) is 67.4 Å². The SMILES string of the molecule is CC[C@@H]1C(=O)N(C)c2cnc(Nc3ccc(C(=O)NCCNCCC(=O)Nc4cccc5c4CN(C4CCC(=O)NC4=O)C5=O)cc3OC)nc2N1C1CCCC1. The molecule has 5 N–H and O–H groups in total. The Bertz CT molecular complexity index is 2090. The van der Waals surface area contributed by atoms with Crippen LogP contribution in [-0.4, -0.2) is 102 Å². The van der Waals surface area contributed by atoms with Gasteiger partial charge in [-0.05, 0) is 56.0 Å². The van der Waals surface area contributed by atoms with Crippen LogP contribution >= 0.6 is 0 Å². The lowest BCUT2D eigenvalue weighted by molar-refractivity contribution is -0.137. The Kier molecular flexibility index (Phi) is 11.6. The number of hydrogen-bond donors (Lipinski definition) is 5. The molecule has 0 radical (unpaired) electrons. The van der Waals surface area contributed by atoms with Crippen LogP contribution in [0.2, 0.25) is 0 Å². The van der Waals surface area contributed by atoms with Gasteiger partial charge in [0, 0.05) is 74.5 Å². The van der Waals surface area contributed by atoms with Gasteiger partial charge in [-0.3, -0.25) is 34.1 Å². The van der Waals surface area contributed by atoms with Gasteiger partial charge < -0.3 is 40.7 Å². The monoisotopic (exact) mass is 780 g/mol. The minimum Gasteiger partial charge on any atom is -0.495 e. The summed E-state index contributed by atoms with van der Waals surface area (Å²) in [5, 5.41) is 14.4. The maximum absolute atomic E-state index is 13.2. The van der Waals surface area contributed by atoms with Crippen LogP contribution in [0.5, 0.6) is 5.75 Å². The summed E-state index contributed by atoms with van der Waals surface area (Å²) in [5.74, 6) is -0.155. The van der Waals surface area contributed by atoms with Crippen LogP contribution in [-0.2, 0) is 25.7 Å². The van der Waals surface area contributed by atoms with E-state index in [9.17, 15) is 28.8 Å². The van der Waals surface area contributed by atoms with Crippen LogP contribution in [0, 0.1) is 0 Å². The average Bonchev–Trinajstić information content (AvgIpc) is 3.86. The largest absolute Gasteiger partial charge is 0.495 e. The zero-order valence-electron chi connectivity index (χ0n) is 32.4. The van der Waals surface area contributed by atoms with Crippen LogP contribution in [0.3, 0.4) is 0 Å². The first-order valence-electron chi connectivity index (χ1n) is 19.5. The molecule has 17 nitrogen and oxygen atoms in total. The van der Waals surface area contributed by atoms with Crippen LogP contribution in [0.15, 0.2) is 42.6 Å². The van der Waals surface area contributed by atoms with E-state index >= 15 is 0 Å². The molecule has 2 fully saturated rings. The molecular weight excluding hydrogens is 733 g/mol. The molecule has 7 rings (SSSR count). The van der Waals surface area contributed by atoms with Crippen molar-refractivity contribution in [1.82, 2.24) is 30.8 Å². The number of carbonyl (C=O) groups is 6. The first-order valence-corrected chi connectivity index (χ1v) is 19.5. The number of methoxy groups -OCH3 is 1. The lowest BCUT2D eigenvalue weighted by Gasteiger charge is -2.43. The van der Waals surface area contributed by atoms with E-state index in [0.717, 1.165) is 31.5 Å². The molecule has 1 saturated heterocycles. The number of rotatable bonds is 14. The van der Waals surface area contributed by atoms with E-state index in [1.54, 1.807) is 54.5 Å². The van der Waals surface area contributed by atoms with Gasteiger partial charge in [0.15, 0.2) is 5.82 Å². The molecule has 0 spiro atoms. The number of benzene rings is 2. The number of anilines is 5. The fraction of sp³-hybridized carbons (Fsp3) is 0.450. The number of fused-ring (bicyclic) bond motifs is 2. The number of nitrogens with zero attached hydrogens (tertiary/aromatic N) is 5. The van der Waals surface area contributed by atoms with Crippen molar-refractivity contribution < 1.29 is 33.5 Å². The predicted octanol–water partition coefficient (Wildman–Crippen LogP) is 2.84. The average molecular weight is 781 g/mol. The smallest absolute Gasteiger partial charge is 0.255 e. The summed E-state index contributed by atoms with van der Waals surface area (Å²) in [6, 6.07) is 9.33. The number of carbonyl (C=O) groups excluding carboxylic acids is 6. The molecule has 3 aromatic rings. The normalized spacial score (nSPS) is 19.3. The molecule has 1 aromatic heterocycles. The van der Waals surface area contributed by atoms with Gasteiger partial charge in [-0.15, -0.1) is 0 Å². The minimum absolute atomic E-state index is 0.0470. The number of nitrogens with one attached hydrogen (secondary N) is 5. The van der Waals surface area contributed by atoms with E-state index in [2.05, 4.69) is 36.5 Å². The van der Waals surface area contributed by atoms with Crippen molar-refractivity contribution in [1.29, 1.82) is 0 Å². The highest BCUT2D eigenvalue weighted by molar-refractivity contribution is 6.07. The first-order chi connectivity index (χ1) is 27.6. The van der Waals surface area contributed by atoms with Crippen LogP contribution < -0.4 is 41.1 Å². The van der Waals surface area contributed by atoms with Crippen molar-refractivity contribution in [3.05, 3.63) is 59.3 Å². The summed E-state index contributed by atoms with van der Waals surface area (Å²) in [7, 11) is 3.28. The Morgan fingerprint density at radius 2 is 1.81 bits per heavy atom. The second kappa shape index (κ2) is 17.0. The van der Waals surface area contributed by atoms with Crippen LogP contribution in [0.25, 0.3) is 0 Å². The zero-order valence-corrected chi connectivity index (χ0v) is 32.4. The highest BCUT2D eigenvalue weighted by atomic mass is 16.5. The maximum Gasteiger partial charge on any atom is 0.255 e. The number of likely N-dealkylation sites (N-methyl/N-ethyl adjacent to an activating group) is 1. The second-order valence-corrected chi connectivity index (χ2v) is 14.6. The molecule has 2 aromatic carbocycles. The van der Waals surface area contributed by atoms with E-state index in [1.807, 2.05) is 6.92 Å². The number of amides is 6. The Balaban J connectivity index is 0.885. The van der Waals surface area contributed by atoms with Gasteiger partial charge in [-0.1, -0.05) is 25.8 Å². The van der Waals surface area contributed by atoms with Crippen molar-refractivity contribution in [2.24, 2.45) is 0 Å². The van der Waals surface area contributed by atoms with E-state index < -0.39 is 11.9 Å². The predicted molar refractivity (Wildman–Crippen MR) is 211 cm³/mol. The highest BCUT2D eigenvalue weighted by Crippen LogP contribution is 2.40. The molecule has 17 heteroatoms. The number of hydrogen-bond acceptors (Lipinski definition) is 12. The molecule has 0 bridgehead atoms. The molecule has 3 aliphatic heterocycles. The van der Waals surface area contributed by atoms with Gasteiger partial charge in [0.1, 0.15) is 23.5 Å². The summed E-state index contributed by atoms with van der Waals surface area (Å²) in [5.41, 5.74) is 3.20. The second-order valence-electron chi connectivity index (χ2n) is 14.6. The van der Waals surface area contributed by atoms with Gasteiger partial charge in [0.05, 0.1) is 19.0 Å². The number of aromatic nitrogens is 2. The van der Waals surface area contributed by atoms with Crippen molar-refractivity contribution in [2.45, 2.75) is 83.0 Å². The fourth-order valence-electron chi connectivity index (χ4n) is 8.11. The molecular formula is C40H48N10O7. The van der Waals surface area contributed by atoms with Crippen molar-refractivity contribution in [2.75, 3.05) is 54.2 Å². The zero-order chi connectivity index (χ0) is 40.2. The van der Waals surface area contributed by atoms with Gasteiger partial charge in [0.25, 0.3) is 11.8 Å². The molecule has 6 amide bonds. The van der Waals surface area contributed by atoms with E-state index in [1.165, 1.54) is 12.0 Å². The molecule has 300 valence electrons. The van der Waals surface area contributed by atoms with Crippen molar-refractivity contribution in [3.8, 4) is 5.75 Å². The first kappa shape index (κ1) is 39.1. The summed E-state index contributed by atoms with van der Waals surface area (Å²) in [4.78, 5) is 90.8.